The molecular weight excluding hydrogens is 480 g/mol. The molecule has 1 aliphatic heterocycles. The van der Waals surface area contributed by atoms with Crippen molar-refractivity contribution >= 4 is 11.8 Å². The number of halogens is 2. The first-order valence-corrected chi connectivity index (χ1v) is 12.4. The van der Waals surface area contributed by atoms with E-state index < -0.39 is 11.7 Å². The maximum Gasteiger partial charge on any atom is 0.254 e. The molecule has 0 unspecified atom stereocenters. The Morgan fingerprint density at radius 3 is 2.38 bits per heavy atom. The quantitative estimate of drug-likeness (QED) is 0.390. The Bertz CT molecular complexity index is 1150. The molecule has 0 atom stereocenters. The minimum Gasteiger partial charge on any atom is -0.467 e. The van der Waals surface area contributed by atoms with E-state index in [0.29, 0.717) is 31.9 Å². The molecule has 1 aliphatic rings. The summed E-state index contributed by atoms with van der Waals surface area (Å²) in [5.74, 6) is -0.988. The summed E-state index contributed by atoms with van der Waals surface area (Å²) in [5, 5.41) is 0. The summed E-state index contributed by atoms with van der Waals surface area (Å²) >= 11 is 0. The van der Waals surface area contributed by atoms with Gasteiger partial charge in [-0.25, -0.2) is 8.78 Å². The number of morpholine rings is 1. The van der Waals surface area contributed by atoms with Crippen LogP contribution < -0.4 is 0 Å². The normalized spacial score (nSPS) is 13.9. The second kappa shape index (κ2) is 13.1. The average Bonchev–Trinajstić information content (AvgIpc) is 3.42. The lowest BCUT2D eigenvalue weighted by Gasteiger charge is -2.30. The van der Waals surface area contributed by atoms with Crippen molar-refractivity contribution in [1.29, 1.82) is 0 Å². The van der Waals surface area contributed by atoms with E-state index in [1.54, 1.807) is 35.2 Å². The highest BCUT2D eigenvalue weighted by Gasteiger charge is 2.24. The molecule has 7 nitrogen and oxygen atoms in total. The number of amides is 2. The zero-order valence-corrected chi connectivity index (χ0v) is 20.7. The van der Waals surface area contributed by atoms with Gasteiger partial charge >= 0.3 is 0 Å². The summed E-state index contributed by atoms with van der Waals surface area (Å²) in [7, 11) is 0. The van der Waals surface area contributed by atoms with Gasteiger partial charge in [-0.2, -0.15) is 0 Å². The molecule has 2 heterocycles. The number of rotatable bonds is 11. The second-order valence-electron chi connectivity index (χ2n) is 9.00. The molecule has 4 rings (SSSR count). The number of ether oxygens (including phenoxy) is 1. The summed E-state index contributed by atoms with van der Waals surface area (Å²) in [6.45, 7) is 4.33. The number of furan rings is 1. The smallest absolute Gasteiger partial charge is 0.254 e. The van der Waals surface area contributed by atoms with Gasteiger partial charge in [0, 0.05) is 38.3 Å². The molecule has 2 amide bonds. The van der Waals surface area contributed by atoms with Crippen LogP contribution in [0.5, 0.6) is 0 Å². The van der Waals surface area contributed by atoms with Crippen LogP contribution in [0.4, 0.5) is 8.78 Å². The fourth-order valence-corrected chi connectivity index (χ4v) is 4.26. The minimum absolute atomic E-state index is 0.180. The van der Waals surface area contributed by atoms with Crippen LogP contribution in [0.3, 0.4) is 0 Å². The first kappa shape index (κ1) is 26.5. The molecule has 2 aromatic carbocycles. The van der Waals surface area contributed by atoms with Gasteiger partial charge in [0.15, 0.2) is 0 Å². The van der Waals surface area contributed by atoms with Gasteiger partial charge in [0.2, 0.25) is 5.91 Å². The highest BCUT2D eigenvalue weighted by Crippen LogP contribution is 2.14. The van der Waals surface area contributed by atoms with Crippen molar-refractivity contribution < 1.29 is 27.5 Å². The van der Waals surface area contributed by atoms with Crippen LogP contribution in [0.15, 0.2) is 71.3 Å². The van der Waals surface area contributed by atoms with Gasteiger partial charge in [0.25, 0.3) is 5.91 Å². The molecule has 0 spiro atoms. The van der Waals surface area contributed by atoms with Crippen molar-refractivity contribution in [1.82, 2.24) is 14.7 Å². The Morgan fingerprint density at radius 1 is 0.892 bits per heavy atom. The molecule has 1 aromatic heterocycles. The van der Waals surface area contributed by atoms with Gasteiger partial charge in [-0.15, -0.1) is 0 Å². The molecule has 0 radical (unpaired) electrons. The lowest BCUT2D eigenvalue weighted by molar-refractivity contribution is -0.133. The van der Waals surface area contributed by atoms with Crippen molar-refractivity contribution in [2.45, 2.75) is 19.5 Å². The molecule has 0 aliphatic carbocycles. The third-order valence-corrected chi connectivity index (χ3v) is 6.26. The van der Waals surface area contributed by atoms with Gasteiger partial charge in [-0.05, 0) is 54.4 Å². The predicted octanol–water partition coefficient (Wildman–Crippen LogP) is 3.95. The molecule has 0 N–H and O–H groups in total. The van der Waals surface area contributed by atoms with Gasteiger partial charge in [0.05, 0.1) is 26.0 Å². The maximum absolute atomic E-state index is 13.9. The van der Waals surface area contributed by atoms with E-state index in [9.17, 15) is 18.4 Å². The Morgan fingerprint density at radius 2 is 1.68 bits per heavy atom. The van der Waals surface area contributed by atoms with Crippen LogP contribution in [-0.4, -0.2) is 72.5 Å². The van der Waals surface area contributed by atoms with Crippen LogP contribution in [0, 0.1) is 11.6 Å². The zero-order valence-electron chi connectivity index (χ0n) is 20.7. The van der Waals surface area contributed by atoms with Gasteiger partial charge in [0.1, 0.15) is 23.9 Å². The highest BCUT2D eigenvalue weighted by molar-refractivity contribution is 5.96. The number of hydrogen-bond acceptors (Lipinski definition) is 5. The molecule has 0 bridgehead atoms. The molecule has 1 saturated heterocycles. The van der Waals surface area contributed by atoms with Crippen molar-refractivity contribution in [3.63, 3.8) is 0 Å². The zero-order chi connectivity index (χ0) is 26.0. The summed E-state index contributed by atoms with van der Waals surface area (Å²) < 4.78 is 38.1. The summed E-state index contributed by atoms with van der Waals surface area (Å²) in [6, 6.07) is 14.9. The number of carbonyl (C=O) groups excluding carboxylic acids is 2. The Hall–Kier alpha value is -3.56. The van der Waals surface area contributed by atoms with Crippen molar-refractivity contribution in [3.8, 4) is 0 Å². The molecule has 0 saturated carbocycles. The van der Waals surface area contributed by atoms with E-state index in [1.165, 1.54) is 41.5 Å². The largest absolute Gasteiger partial charge is 0.467 e. The van der Waals surface area contributed by atoms with Crippen LogP contribution in [0.2, 0.25) is 0 Å². The fourth-order valence-electron chi connectivity index (χ4n) is 4.26. The van der Waals surface area contributed by atoms with E-state index in [-0.39, 0.29) is 36.9 Å². The summed E-state index contributed by atoms with van der Waals surface area (Å²) in [4.78, 5) is 32.2. The Balaban J connectivity index is 1.49. The number of hydrogen-bond donors (Lipinski definition) is 0. The summed E-state index contributed by atoms with van der Waals surface area (Å²) in [5.41, 5.74) is 0.937. The molecule has 1 fully saturated rings. The monoisotopic (exact) mass is 511 g/mol. The average molecular weight is 512 g/mol. The molecule has 196 valence electrons. The van der Waals surface area contributed by atoms with Crippen LogP contribution in [0.1, 0.15) is 28.1 Å². The van der Waals surface area contributed by atoms with Gasteiger partial charge in [-0.3, -0.25) is 14.5 Å². The first-order valence-electron chi connectivity index (χ1n) is 12.4. The minimum atomic E-state index is -0.513. The van der Waals surface area contributed by atoms with Crippen LogP contribution in [0.25, 0.3) is 0 Å². The van der Waals surface area contributed by atoms with E-state index in [1.807, 2.05) is 0 Å². The van der Waals surface area contributed by atoms with Crippen LogP contribution in [-0.2, 0) is 22.6 Å². The summed E-state index contributed by atoms with van der Waals surface area (Å²) in [6.07, 6.45) is 2.19. The standard InChI is InChI=1S/C28H31F2N3O4/c29-24-9-7-22(8-10-24)19-33(20-26-6-2-15-37-26)27(34)21-32(12-3-11-31-13-16-36-17-14-31)28(35)23-4-1-5-25(30)18-23/h1-2,4-10,15,18H,3,11-14,16-17,19-21H2. The van der Waals surface area contributed by atoms with E-state index in [0.717, 1.165) is 25.2 Å². The van der Waals surface area contributed by atoms with Gasteiger partial charge < -0.3 is 19.0 Å². The number of nitrogens with zero attached hydrogens (tertiary/aromatic N) is 3. The second-order valence-corrected chi connectivity index (χ2v) is 9.00. The molecule has 9 heteroatoms. The van der Waals surface area contributed by atoms with Crippen molar-refractivity contribution in [3.05, 3.63) is 95.4 Å². The van der Waals surface area contributed by atoms with Gasteiger partial charge in [-0.1, -0.05) is 18.2 Å². The lowest BCUT2D eigenvalue weighted by Crippen LogP contribution is -2.44. The maximum atomic E-state index is 13.9. The van der Waals surface area contributed by atoms with E-state index in [4.69, 9.17) is 9.15 Å². The number of benzene rings is 2. The highest BCUT2D eigenvalue weighted by atomic mass is 19.1. The SMILES string of the molecule is O=C(CN(CCCN1CCOCC1)C(=O)c1cccc(F)c1)N(Cc1ccc(F)cc1)Cc1ccco1. The Labute approximate surface area is 215 Å². The van der Waals surface area contributed by atoms with Crippen molar-refractivity contribution in [2.75, 3.05) is 45.9 Å². The van der Waals surface area contributed by atoms with E-state index >= 15 is 0 Å². The molecule has 37 heavy (non-hydrogen) atoms. The topological polar surface area (TPSA) is 66.2 Å². The third kappa shape index (κ3) is 7.96. The predicted molar refractivity (Wildman–Crippen MR) is 134 cm³/mol. The van der Waals surface area contributed by atoms with Crippen LogP contribution >= 0.6 is 0 Å². The fraction of sp³-hybridized carbons (Fsp3) is 0.357. The number of carbonyl (C=O) groups is 2. The van der Waals surface area contributed by atoms with Crippen molar-refractivity contribution in [2.24, 2.45) is 0 Å². The molecule has 3 aromatic rings. The van der Waals surface area contributed by atoms with E-state index in [2.05, 4.69) is 4.90 Å². The first-order chi connectivity index (χ1) is 18.0. The third-order valence-electron chi connectivity index (χ3n) is 6.26. The lowest BCUT2D eigenvalue weighted by atomic mass is 10.1. The molecular formula is C28H31F2N3O4. The Kier molecular flexibility index (Phi) is 9.40.